The molecule has 0 aliphatic heterocycles. The number of hydrogen-bond donors (Lipinski definition) is 1. The lowest BCUT2D eigenvalue weighted by Crippen LogP contribution is -2.13. The molecule has 0 aromatic heterocycles. The van der Waals surface area contributed by atoms with E-state index in [4.69, 9.17) is 5.73 Å². The van der Waals surface area contributed by atoms with E-state index in [0.717, 1.165) is 11.1 Å². The minimum Gasteiger partial charge on any atom is -0.324 e. The summed E-state index contributed by atoms with van der Waals surface area (Å²) < 4.78 is 15.1. The Morgan fingerprint density at radius 1 is 1.17 bits per heavy atom. The van der Waals surface area contributed by atoms with Crippen LogP contribution in [0.4, 0.5) is 4.39 Å². The summed E-state index contributed by atoms with van der Waals surface area (Å²) in [4.78, 5) is 0. The summed E-state index contributed by atoms with van der Waals surface area (Å²) in [6, 6.07) is 13.0. The van der Waals surface area contributed by atoms with Gasteiger partial charge in [-0.15, -0.1) is 0 Å². The Labute approximate surface area is 128 Å². The number of halogens is 3. The maximum Gasteiger partial charge on any atom is 0.137 e. The molecule has 2 aromatic carbocycles. The Morgan fingerprint density at radius 2 is 1.83 bits per heavy atom. The zero-order chi connectivity index (χ0) is 13.1. The molecule has 0 bridgehead atoms. The molecule has 0 aliphatic carbocycles. The highest BCUT2D eigenvalue weighted by molar-refractivity contribution is 14.1. The maximum atomic E-state index is 13.4. The van der Waals surface area contributed by atoms with Crippen LogP contribution in [0.3, 0.4) is 0 Å². The number of hydrogen-bond acceptors (Lipinski definition) is 1. The van der Waals surface area contributed by atoms with Crippen molar-refractivity contribution in [1.82, 2.24) is 0 Å². The molecule has 4 heteroatoms. The second-order valence-corrected chi connectivity index (χ2v) is 6.11. The second kappa shape index (κ2) is 6.12. The highest BCUT2D eigenvalue weighted by Gasteiger charge is 2.11. The number of rotatable bonds is 3. The van der Waals surface area contributed by atoms with Gasteiger partial charge in [-0.05, 0) is 74.3 Å². The van der Waals surface area contributed by atoms with Crippen LogP contribution in [0.25, 0.3) is 0 Å². The number of benzene rings is 2. The zero-order valence-corrected chi connectivity index (χ0v) is 13.3. The molecule has 2 rings (SSSR count). The van der Waals surface area contributed by atoms with Crippen LogP contribution in [0.5, 0.6) is 0 Å². The summed E-state index contributed by atoms with van der Waals surface area (Å²) in [6.45, 7) is 0. The van der Waals surface area contributed by atoms with Crippen LogP contribution < -0.4 is 5.73 Å². The van der Waals surface area contributed by atoms with Crippen molar-refractivity contribution in [2.24, 2.45) is 5.73 Å². The van der Waals surface area contributed by atoms with Crippen molar-refractivity contribution in [3.63, 3.8) is 0 Å². The van der Waals surface area contributed by atoms with Crippen molar-refractivity contribution in [3.8, 4) is 0 Å². The molecule has 0 heterocycles. The Morgan fingerprint density at radius 3 is 2.50 bits per heavy atom. The third-order valence-electron chi connectivity index (χ3n) is 2.77. The summed E-state index contributed by atoms with van der Waals surface area (Å²) in [6.07, 6.45) is 0.610. The van der Waals surface area contributed by atoms with Crippen LogP contribution in [-0.4, -0.2) is 0 Å². The molecule has 0 saturated carbocycles. The molecule has 0 fully saturated rings. The maximum absolute atomic E-state index is 13.4. The van der Waals surface area contributed by atoms with Gasteiger partial charge in [-0.25, -0.2) is 4.39 Å². The highest BCUT2D eigenvalue weighted by Crippen LogP contribution is 2.25. The normalized spacial score (nSPS) is 12.4. The Bertz CT molecular complexity index is 542. The van der Waals surface area contributed by atoms with Crippen LogP contribution in [-0.2, 0) is 6.42 Å². The molecular formula is C14H12BrFIN. The lowest BCUT2D eigenvalue weighted by molar-refractivity contribution is 0.614. The van der Waals surface area contributed by atoms with E-state index in [0.29, 0.717) is 10.9 Å². The fourth-order valence-corrected chi connectivity index (χ4v) is 2.56. The molecule has 0 radical (unpaired) electrons. The highest BCUT2D eigenvalue weighted by atomic mass is 127. The summed E-state index contributed by atoms with van der Waals surface area (Å²) in [5.41, 5.74) is 8.10. The molecule has 2 N–H and O–H groups in total. The first-order chi connectivity index (χ1) is 8.58. The lowest BCUT2D eigenvalue weighted by atomic mass is 10.00. The average Bonchev–Trinajstić information content (AvgIpc) is 2.36. The largest absolute Gasteiger partial charge is 0.324 e. The molecule has 18 heavy (non-hydrogen) atoms. The zero-order valence-electron chi connectivity index (χ0n) is 9.54. The monoisotopic (exact) mass is 419 g/mol. The van der Waals surface area contributed by atoms with E-state index in [-0.39, 0.29) is 11.9 Å². The van der Waals surface area contributed by atoms with Gasteiger partial charge in [0.2, 0.25) is 0 Å². The van der Waals surface area contributed by atoms with Gasteiger partial charge in [0.15, 0.2) is 0 Å². The molecule has 1 unspecified atom stereocenters. The van der Waals surface area contributed by atoms with Gasteiger partial charge in [-0.2, -0.15) is 0 Å². The quantitative estimate of drug-likeness (QED) is 0.731. The standard InChI is InChI=1S/C14H12BrFIN/c15-14-10(2-1-3-12(14)16)8-13(18)9-4-6-11(17)7-5-9/h1-7,13H,8,18H2. The van der Waals surface area contributed by atoms with E-state index in [9.17, 15) is 4.39 Å². The third kappa shape index (κ3) is 3.30. The van der Waals surface area contributed by atoms with Crippen molar-refractivity contribution >= 4 is 38.5 Å². The van der Waals surface area contributed by atoms with Gasteiger partial charge in [-0.3, -0.25) is 0 Å². The molecule has 0 spiro atoms. The third-order valence-corrected chi connectivity index (χ3v) is 4.38. The van der Waals surface area contributed by atoms with E-state index < -0.39 is 0 Å². The van der Waals surface area contributed by atoms with Gasteiger partial charge in [-0.1, -0.05) is 24.3 Å². The topological polar surface area (TPSA) is 26.0 Å². The van der Waals surface area contributed by atoms with Crippen LogP contribution in [0.1, 0.15) is 17.2 Å². The van der Waals surface area contributed by atoms with Gasteiger partial charge < -0.3 is 5.73 Å². The Hall–Kier alpha value is -0.460. The van der Waals surface area contributed by atoms with Crippen molar-refractivity contribution in [1.29, 1.82) is 0 Å². The second-order valence-electron chi connectivity index (χ2n) is 4.08. The molecular weight excluding hydrogens is 408 g/mol. The molecule has 0 aliphatic rings. The fourth-order valence-electron chi connectivity index (χ4n) is 1.77. The first-order valence-electron chi connectivity index (χ1n) is 5.52. The summed E-state index contributed by atoms with van der Waals surface area (Å²) in [7, 11) is 0. The van der Waals surface area contributed by atoms with Crippen molar-refractivity contribution in [2.75, 3.05) is 0 Å². The molecule has 94 valence electrons. The predicted octanol–water partition coefficient (Wildman–Crippen LogP) is 4.44. The average molecular weight is 420 g/mol. The minimum absolute atomic E-state index is 0.125. The smallest absolute Gasteiger partial charge is 0.137 e. The summed E-state index contributed by atoms with van der Waals surface area (Å²) in [5, 5.41) is 0. The van der Waals surface area contributed by atoms with Crippen LogP contribution >= 0.6 is 38.5 Å². The Balaban J connectivity index is 2.18. The summed E-state index contributed by atoms with van der Waals surface area (Å²) >= 11 is 5.52. The van der Waals surface area contributed by atoms with Gasteiger partial charge in [0, 0.05) is 9.61 Å². The Kier molecular flexibility index (Phi) is 4.75. The van der Waals surface area contributed by atoms with Gasteiger partial charge >= 0.3 is 0 Å². The molecule has 2 aromatic rings. The fraction of sp³-hybridized carbons (Fsp3) is 0.143. The summed E-state index contributed by atoms with van der Waals surface area (Å²) in [5.74, 6) is -0.248. The van der Waals surface area contributed by atoms with E-state index in [1.54, 1.807) is 6.07 Å². The van der Waals surface area contributed by atoms with Crippen LogP contribution in [0.2, 0.25) is 0 Å². The van der Waals surface area contributed by atoms with E-state index in [1.165, 1.54) is 9.64 Å². The lowest BCUT2D eigenvalue weighted by Gasteiger charge is -2.13. The van der Waals surface area contributed by atoms with Crippen molar-refractivity contribution < 1.29 is 4.39 Å². The molecule has 1 nitrogen and oxygen atoms in total. The van der Waals surface area contributed by atoms with Gasteiger partial charge in [0.1, 0.15) is 5.82 Å². The molecule has 1 atom stereocenters. The van der Waals surface area contributed by atoms with E-state index in [2.05, 4.69) is 38.5 Å². The molecule has 0 saturated heterocycles. The van der Waals surface area contributed by atoms with E-state index in [1.807, 2.05) is 30.3 Å². The first kappa shape index (κ1) is 14.0. The minimum atomic E-state index is -0.248. The SMILES string of the molecule is NC(Cc1cccc(F)c1Br)c1ccc(I)cc1. The van der Waals surface area contributed by atoms with Crippen LogP contribution in [0.15, 0.2) is 46.9 Å². The predicted molar refractivity (Wildman–Crippen MR) is 83.9 cm³/mol. The van der Waals surface area contributed by atoms with Gasteiger partial charge in [0.25, 0.3) is 0 Å². The first-order valence-corrected chi connectivity index (χ1v) is 7.39. The van der Waals surface area contributed by atoms with Crippen LogP contribution in [0, 0.1) is 9.39 Å². The van der Waals surface area contributed by atoms with E-state index >= 15 is 0 Å². The number of nitrogens with two attached hydrogens (primary N) is 1. The molecule has 0 amide bonds. The van der Waals surface area contributed by atoms with Crippen molar-refractivity contribution in [3.05, 3.63) is 67.5 Å². The van der Waals surface area contributed by atoms with Gasteiger partial charge in [0.05, 0.1) is 4.47 Å². The van der Waals surface area contributed by atoms with Crippen molar-refractivity contribution in [2.45, 2.75) is 12.5 Å².